The number of amides is 2. The zero-order chi connectivity index (χ0) is 21.8. The van der Waals surface area contributed by atoms with Gasteiger partial charge in [-0.1, -0.05) is 19.1 Å². The predicted octanol–water partition coefficient (Wildman–Crippen LogP) is 1.12. The number of carbonyl (C=O) groups excluding carboxylic acids is 2. The maximum atomic E-state index is 12.7. The third kappa shape index (κ3) is 5.12. The molecule has 0 saturated carbocycles. The van der Waals surface area contributed by atoms with Gasteiger partial charge in [0.1, 0.15) is 11.3 Å². The van der Waals surface area contributed by atoms with E-state index in [4.69, 9.17) is 4.74 Å². The van der Waals surface area contributed by atoms with Gasteiger partial charge < -0.3 is 15.0 Å². The minimum atomic E-state index is -0.432. The van der Waals surface area contributed by atoms with Gasteiger partial charge in [0.05, 0.1) is 31.9 Å². The van der Waals surface area contributed by atoms with E-state index in [2.05, 4.69) is 20.7 Å². The summed E-state index contributed by atoms with van der Waals surface area (Å²) in [6.45, 7) is 7.23. The lowest BCUT2D eigenvalue weighted by atomic mass is 9.91. The number of carbonyl (C=O) groups is 2. The molecular formula is C21H31N7O3. The van der Waals surface area contributed by atoms with Crippen LogP contribution >= 0.6 is 0 Å². The van der Waals surface area contributed by atoms with Crippen LogP contribution in [0.2, 0.25) is 0 Å². The van der Waals surface area contributed by atoms with Gasteiger partial charge in [-0.05, 0) is 24.8 Å². The number of piperidine rings is 1. The summed E-state index contributed by atoms with van der Waals surface area (Å²) in [5.41, 5.74) is 1.21. The molecule has 1 fully saturated rings. The van der Waals surface area contributed by atoms with Crippen molar-refractivity contribution >= 4 is 11.8 Å². The lowest BCUT2D eigenvalue weighted by Gasteiger charge is -2.44. The second kappa shape index (κ2) is 9.17. The third-order valence-corrected chi connectivity index (χ3v) is 5.92. The topological polar surface area (TPSA) is 107 Å². The summed E-state index contributed by atoms with van der Waals surface area (Å²) in [6.07, 6.45) is 6.28. The van der Waals surface area contributed by atoms with Gasteiger partial charge in [0.2, 0.25) is 11.8 Å². The Morgan fingerprint density at radius 2 is 2.19 bits per heavy atom. The maximum Gasteiger partial charge on any atom is 0.224 e. The van der Waals surface area contributed by atoms with Gasteiger partial charge in [-0.15, -0.1) is 5.10 Å². The number of hydrogen-bond acceptors (Lipinski definition) is 6. The van der Waals surface area contributed by atoms with Crippen molar-refractivity contribution in [1.29, 1.82) is 0 Å². The van der Waals surface area contributed by atoms with Crippen molar-refractivity contribution in [3.8, 4) is 0 Å². The first-order chi connectivity index (χ1) is 14.9. The highest BCUT2D eigenvalue weighted by Gasteiger charge is 2.42. The molecule has 2 aromatic heterocycles. The number of likely N-dealkylation sites (tertiary alicyclic amines) is 1. The zero-order valence-corrected chi connectivity index (χ0v) is 18.3. The summed E-state index contributed by atoms with van der Waals surface area (Å²) in [5.74, 6) is 0.450. The first-order valence-corrected chi connectivity index (χ1v) is 11.0. The summed E-state index contributed by atoms with van der Waals surface area (Å²) >= 11 is 0. The van der Waals surface area contributed by atoms with E-state index in [0.717, 1.165) is 30.8 Å². The van der Waals surface area contributed by atoms with Gasteiger partial charge in [-0.25, -0.2) is 4.68 Å². The normalized spacial score (nSPS) is 20.8. The highest BCUT2D eigenvalue weighted by atomic mass is 16.5. The fourth-order valence-corrected chi connectivity index (χ4v) is 4.32. The molecule has 0 bridgehead atoms. The summed E-state index contributed by atoms with van der Waals surface area (Å²) in [5, 5.41) is 15.6. The van der Waals surface area contributed by atoms with Crippen molar-refractivity contribution < 1.29 is 14.3 Å². The molecule has 168 valence electrons. The molecule has 1 saturated heterocycles. The van der Waals surface area contributed by atoms with E-state index in [9.17, 15) is 9.59 Å². The molecule has 2 amide bonds. The molecule has 0 radical (unpaired) electrons. The molecule has 1 spiro atoms. The molecule has 2 aliphatic heterocycles. The van der Waals surface area contributed by atoms with Crippen molar-refractivity contribution in [2.75, 3.05) is 13.1 Å². The Bertz CT molecular complexity index is 908. The smallest absolute Gasteiger partial charge is 0.224 e. The Morgan fingerprint density at radius 1 is 1.32 bits per heavy atom. The predicted molar refractivity (Wildman–Crippen MR) is 112 cm³/mol. The molecule has 4 heterocycles. The van der Waals surface area contributed by atoms with E-state index in [1.807, 2.05) is 35.7 Å². The minimum absolute atomic E-state index is 0.0153. The molecule has 1 unspecified atom stereocenters. The van der Waals surface area contributed by atoms with Gasteiger partial charge in [0, 0.05) is 38.3 Å². The number of aromatic nitrogens is 5. The lowest BCUT2D eigenvalue weighted by Crippen LogP contribution is -2.55. The van der Waals surface area contributed by atoms with Gasteiger partial charge in [-0.2, -0.15) is 5.10 Å². The molecule has 4 rings (SSSR count). The van der Waals surface area contributed by atoms with Crippen LogP contribution in [-0.4, -0.2) is 60.2 Å². The molecule has 1 atom stereocenters. The van der Waals surface area contributed by atoms with E-state index in [-0.39, 0.29) is 11.8 Å². The SMILES string of the molecule is CC(C)CC(=O)NCc1nnn2c1COC1(CCCN(C(=O)CCn3cccn3)C1)C2. The van der Waals surface area contributed by atoms with Crippen LogP contribution in [0.4, 0.5) is 0 Å². The van der Waals surface area contributed by atoms with Gasteiger partial charge in [0.15, 0.2) is 0 Å². The Hall–Kier alpha value is -2.75. The highest BCUT2D eigenvalue weighted by Crippen LogP contribution is 2.32. The van der Waals surface area contributed by atoms with Crippen LogP contribution in [0.25, 0.3) is 0 Å². The van der Waals surface area contributed by atoms with Crippen molar-refractivity contribution in [2.24, 2.45) is 5.92 Å². The number of rotatable bonds is 7. The molecular weight excluding hydrogens is 398 g/mol. The molecule has 10 nitrogen and oxygen atoms in total. The molecule has 31 heavy (non-hydrogen) atoms. The summed E-state index contributed by atoms with van der Waals surface area (Å²) in [4.78, 5) is 26.6. The number of hydrogen-bond donors (Lipinski definition) is 1. The van der Waals surface area contributed by atoms with Crippen molar-refractivity contribution in [3.63, 3.8) is 0 Å². The zero-order valence-electron chi connectivity index (χ0n) is 18.3. The molecule has 0 aliphatic carbocycles. The van der Waals surface area contributed by atoms with Crippen molar-refractivity contribution in [1.82, 2.24) is 35.0 Å². The number of fused-ring (bicyclic) bond motifs is 1. The van der Waals surface area contributed by atoms with Crippen LogP contribution in [0, 0.1) is 5.92 Å². The van der Waals surface area contributed by atoms with Crippen LogP contribution in [0.3, 0.4) is 0 Å². The minimum Gasteiger partial charge on any atom is -0.365 e. The Labute approximate surface area is 181 Å². The van der Waals surface area contributed by atoms with Crippen molar-refractivity contribution in [3.05, 3.63) is 29.8 Å². The summed E-state index contributed by atoms with van der Waals surface area (Å²) in [6, 6.07) is 1.86. The average molecular weight is 430 g/mol. The average Bonchev–Trinajstić information content (AvgIpc) is 3.39. The van der Waals surface area contributed by atoms with Crippen LogP contribution < -0.4 is 5.32 Å². The van der Waals surface area contributed by atoms with E-state index in [1.54, 1.807) is 10.9 Å². The third-order valence-electron chi connectivity index (χ3n) is 5.92. The van der Waals surface area contributed by atoms with Gasteiger partial charge in [0.25, 0.3) is 0 Å². The van der Waals surface area contributed by atoms with Crippen molar-refractivity contribution in [2.45, 2.75) is 71.4 Å². The van der Waals surface area contributed by atoms with Crippen LogP contribution in [-0.2, 0) is 40.6 Å². The number of aryl methyl sites for hydroxylation is 1. The Morgan fingerprint density at radius 3 is 2.97 bits per heavy atom. The van der Waals surface area contributed by atoms with E-state index >= 15 is 0 Å². The van der Waals surface area contributed by atoms with E-state index < -0.39 is 5.60 Å². The summed E-state index contributed by atoms with van der Waals surface area (Å²) < 4.78 is 9.96. The number of ether oxygens (including phenoxy) is 1. The lowest BCUT2D eigenvalue weighted by molar-refractivity contribution is -0.153. The second-order valence-corrected chi connectivity index (χ2v) is 8.92. The first-order valence-electron chi connectivity index (χ1n) is 11.0. The van der Waals surface area contributed by atoms with Crippen LogP contribution in [0.15, 0.2) is 18.5 Å². The second-order valence-electron chi connectivity index (χ2n) is 8.92. The van der Waals surface area contributed by atoms with Crippen LogP contribution in [0.5, 0.6) is 0 Å². The monoisotopic (exact) mass is 429 g/mol. The highest BCUT2D eigenvalue weighted by molar-refractivity contribution is 5.76. The Balaban J connectivity index is 1.34. The molecule has 2 aromatic rings. The molecule has 1 N–H and O–H groups in total. The van der Waals surface area contributed by atoms with E-state index in [1.165, 1.54) is 0 Å². The van der Waals surface area contributed by atoms with Gasteiger partial charge >= 0.3 is 0 Å². The fourth-order valence-electron chi connectivity index (χ4n) is 4.32. The molecule has 10 heteroatoms. The molecule has 2 aliphatic rings. The number of nitrogens with one attached hydrogen (secondary N) is 1. The van der Waals surface area contributed by atoms with Crippen LogP contribution in [0.1, 0.15) is 50.9 Å². The maximum absolute atomic E-state index is 12.7. The molecule has 0 aromatic carbocycles. The number of nitrogens with zero attached hydrogens (tertiary/aromatic N) is 6. The largest absolute Gasteiger partial charge is 0.365 e. The van der Waals surface area contributed by atoms with Gasteiger partial charge in [-0.3, -0.25) is 14.3 Å². The standard InChI is InChI=1S/C21H31N7O3/c1-16(2)11-19(29)22-12-17-18-13-31-21(15-28(18)25-24-17)6-3-8-26(14-21)20(30)5-10-27-9-4-7-23-27/h4,7,9,16H,3,5-6,8,10-15H2,1-2H3,(H,22,29). The fraction of sp³-hybridized carbons (Fsp3) is 0.667. The summed E-state index contributed by atoms with van der Waals surface area (Å²) in [7, 11) is 0. The quantitative estimate of drug-likeness (QED) is 0.707. The first kappa shape index (κ1) is 21.5. The van der Waals surface area contributed by atoms with E-state index in [0.29, 0.717) is 51.5 Å². The Kier molecular flexibility index (Phi) is 6.35.